The molecule has 0 bridgehead atoms. The van der Waals surface area contributed by atoms with E-state index in [1.54, 1.807) is 0 Å². The maximum absolute atomic E-state index is 7.31. The summed E-state index contributed by atoms with van der Waals surface area (Å²) in [4.78, 5) is 5.36. The van der Waals surface area contributed by atoms with Gasteiger partial charge in [0.15, 0.2) is 5.58 Å². The lowest BCUT2D eigenvalue weighted by Gasteiger charge is -2.52. The second-order valence-corrected chi connectivity index (χ2v) is 22.0. The van der Waals surface area contributed by atoms with Crippen LogP contribution in [0.25, 0.3) is 53.2 Å². The van der Waals surface area contributed by atoms with Crippen LogP contribution < -0.4 is 20.6 Å². The first kappa shape index (κ1) is 38.7. The Hall–Kier alpha value is -7.34. The molecule has 0 atom stereocenters. The molecule has 0 radical (unpaired) electrons. The van der Waals surface area contributed by atoms with Gasteiger partial charge in [0.2, 0.25) is 0 Å². The van der Waals surface area contributed by atoms with Gasteiger partial charge in [-0.25, -0.2) is 0 Å². The zero-order valence-electron chi connectivity index (χ0n) is 38.6. The number of fused-ring (bicyclic) bond motifs is 15. The van der Waals surface area contributed by atoms with Crippen LogP contribution in [0.15, 0.2) is 192 Å². The number of thiophene rings is 1. The van der Waals surface area contributed by atoms with Crippen molar-refractivity contribution in [3.8, 4) is 11.1 Å². The van der Waals surface area contributed by atoms with Gasteiger partial charge in [-0.2, -0.15) is 0 Å². The Morgan fingerprint density at radius 2 is 1.19 bits per heavy atom. The number of benzene rings is 9. The van der Waals surface area contributed by atoms with Crippen molar-refractivity contribution < 1.29 is 4.42 Å². The third kappa shape index (κ3) is 4.84. The molecule has 0 spiro atoms. The number of hydrogen-bond acceptors (Lipinski definition) is 4. The fraction of sp³-hybridized carbons (Fsp3) is 0.143. The Bertz CT molecular complexity index is 3920. The largest absolute Gasteiger partial charge is 0.454 e. The molecule has 0 N–H and O–H groups in total. The first-order chi connectivity index (χ1) is 33.2. The van der Waals surface area contributed by atoms with Crippen molar-refractivity contribution in [2.75, 3.05) is 9.71 Å². The fourth-order valence-corrected chi connectivity index (χ4v) is 14.5. The first-order valence-electron chi connectivity index (χ1n) is 24.3. The van der Waals surface area contributed by atoms with Crippen LogP contribution in [0.3, 0.4) is 0 Å². The van der Waals surface area contributed by atoms with Crippen LogP contribution in [0.5, 0.6) is 0 Å². The van der Waals surface area contributed by atoms with Crippen molar-refractivity contribution in [2.24, 2.45) is 0 Å². The molecule has 5 heteroatoms. The molecule has 5 heterocycles. The molecule has 15 rings (SSSR count). The van der Waals surface area contributed by atoms with Crippen LogP contribution in [0, 0.1) is 0 Å². The molecule has 3 nitrogen and oxygen atoms in total. The Morgan fingerprint density at radius 1 is 0.515 bits per heavy atom. The average molecular weight is 891 g/mol. The summed E-state index contributed by atoms with van der Waals surface area (Å²) in [6.07, 6.45) is 2.32. The van der Waals surface area contributed by atoms with Gasteiger partial charge >= 0.3 is 6.85 Å². The fourth-order valence-electron chi connectivity index (χ4n) is 13.4. The molecule has 1 aliphatic carbocycles. The second-order valence-electron chi connectivity index (χ2n) is 20.9. The number of rotatable bonds is 3. The van der Waals surface area contributed by atoms with Crippen molar-refractivity contribution in [3.63, 3.8) is 0 Å². The molecular weight excluding hydrogens is 844 g/mol. The summed E-state index contributed by atoms with van der Waals surface area (Å²) in [5, 5.41) is 4.91. The molecular formula is C63H47BN2OS. The highest BCUT2D eigenvalue weighted by Crippen LogP contribution is 2.61. The molecule has 324 valence electrons. The lowest BCUT2D eigenvalue weighted by atomic mass is 9.42. The van der Waals surface area contributed by atoms with E-state index in [1.165, 1.54) is 105 Å². The van der Waals surface area contributed by atoms with Crippen molar-refractivity contribution in [2.45, 2.75) is 56.8 Å². The summed E-state index contributed by atoms with van der Waals surface area (Å²) in [6, 6.07) is 71.3. The number of hydrogen-bond donors (Lipinski definition) is 0. The van der Waals surface area contributed by atoms with Crippen LogP contribution in [-0.2, 0) is 16.2 Å². The average Bonchev–Trinajstić information content (AvgIpc) is 3.95. The summed E-state index contributed by atoms with van der Waals surface area (Å²) in [5.41, 5.74) is 20.4. The first-order valence-corrected chi connectivity index (χ1v) is 25.1. The third-order valence-corrected chi connectivity index (χ3v) is 17.7. The maximum Gasteiger partial charge on any atom is 0.333 e. The van der Waals surface area contributed by atoms with E-state index in [4.69, 9.17) is 4.42 Å². The Kier molecular flexibility index (Phi) is 7.65. The summed E-state index contributed by atoms with van der Waals surface area (Å²) in [6.45, 7) is 9.60. The van der Waals surface area contributed by atoms with E-state index in [9.17, 15) is 0 Å². The number of anilines is 5. The van der Waals surface area contributed by atoms with Crippen molar-refractivity contribution in [3.05, 3.63) is 221 Å². The van der Waals surface area contributed by atoms with Gasteiger partial charge in [-0.05, 0) is 122 Å². The van der Waals surface area contributed by atoms with E-state index >= 15 is 0 Å². The molecule has 3 aliphatic heterocycles. The van der Waals surface area contributed by atoms with E-state index in [1.807, 2.05) is 11.3 Å². The molecule has 0 saturated heterocycles. The molecule has 0 saturated carbocycles. The van der Waals surface area contributed by atoms with E-state index < -0.39 is 5.41 Å². The van der Waals surface area contributed by atoms with Crippen molar-refractivity contribution >= 4 is 99.7 Å². The molecule has 4 aliphatic rings. The zero-order valence-corrected chi connectivity index (χ0v) is 39.4. The highest BCUT2D eigenvalue weighted by atomic mass is 32.1. The highest BCUT2D eigenvalue weighted by molar-refractivity contribution is 7.26. The monoisotopic (exact) mass is 890 g/mol. The number of nitrogens with zero attached hydrogens (tertiary/aromatic N) is 2. The molecule has 68 heavy (non-hydrogen) atoms. The Morgan fingerprint density at radius 3 is 1.99 bits per heavy atom. The van der Waals surface area contributed by atoms with Crippen LogP contribution in [0.4, 0.5) is 28.4 Å². The van der Waals surface area contributed by atoms with Gasteiger partial charge in [0.25, 0.3) is 0 Å². The lowest BCUT2D eigenvalue weighted by Crippen LogP contribution is -2.62. The topological polar surface area (TPSA) is 19.6 Å². The number of furan rings is 1. The maximum atomic E-state index is 7.31. The minimum Gasteiger partial charge on any atom is -0.454 e. The van der Waals surface area contributed by atoms with Gasteiger partial charge in [0.05, 0.1) is 16.8 Å². The van der Waals surface area contributed by atoms with Gasteiger partial charge in [0.1, 0.15) is 5.58 Å². The van der Waals surface area contributed by atoms with E-state index in [-0.39, 0.29) is 17.7 Å². The van der Waals surface area contributed by atoms with Crippen LogP contribution in [0.1, 0.15) is 73.9 Å². The molecule has 0 amide bonds. The third-order valence-electron chi connectivity index (χ3n) is 16.6. The summed E-state index contributed by atoms with van der Waals surface area (Å²) in [5.74, 6) is 0. The standard InChI is InChI=1S/C63H47BN2OS/c1-61(2)34-35-62(3,4)48-36-40(30-31-45(48)61)66-51-32-33-54-56(42-23-12-16-29-53(42)68-54)55(51)44-37-43-41-22-11-15-28-52(41)67-60(43)59-57(44)64(66)49-26-17-25-47-58(49)65(59)50-27-14-13-24-46(50)63(47,38-18-7-5-8-19-38)39-20-9-6-10-21-39/h5-33,36-37H,34-35H2,1-4H3. The van der Waals surface area contributed by atoms with E-state index in [2.05, 4.69) is 225 Å². The van der Waals surface area contributed by atoms with Gasteiger partial charge < -0.3 is 14.1 Å². The van der Waals surface area contributed by atoms with Crippen molar-refractivity contribution in [1.82, 2.24) is 0 Å². The lowest BCUT2D eigenvalue weighted by molar-refractivity contribution is 0.332. The molecule has 0 unspecified atom stereocenters. The quantitative estimate of drug-likeness (QED) is 0.165. The summed E-state index contributed by atoms with van der Waals surface area (Å²) >= 11 is 1.90. The van der Waals surface area contributed by atoms with E-state index in [0.29, 0.717) is 0 Å². The van der Waals surface area contributed by atoms with E-state index in [0.717, 1.165) is 34.0 Å². The molecule has 0 fully saturated rings. The normalized spacial score (nSPS) is 16.7. The Labute approximate surface area is 401 Å². The predicted molar refractivity (Wildman–Crippen MR) is 287 cm³/mol. The van der Waals surface area contributed by atoms with Gasteiger partial charge in [0, 0.05) is 53.6 Å². The molecule has 9 aromatic carbocycles. The molecule has 2 aromatic heterocycles. The zero-order chi connectivity index (χ0) is 45.3. The Balaban J connectivity index is 1.15. The summed E-state index contributed by atoms with van der Waals surface area (Å²) in [7, 11) is 0. The highest BCUT2D eigenvalue weighted by Gasteiger charge is 2.54. The minimum atomic E-state index is -0.621. The van der Waals surface area contributed by atoms with Crippen LogP contribution in [0.2, 0.25) is 0 Å². The van der Waals surface area contributed by atoms with Gasteiger partial charge in [-0.1, -0.05) is 167 Å². The van der Waals surface area contributed by atoms with Gasteiger partial charge in [-0.15, -0.1) is 11.3 Å². The van der Waals surface area contributed by atoms with Gasteiger partial charge in [-0.3, -0.25) is 0 Å². The SMILES string of the molecule is CC1(C)CCC(C)(C)c2cc(N3B4c5cccc6c5N(c5ccccc5C6(c5ccccc5)c5ccccc5)c5c4c(cc4c5oc5ccccc54)-c4c3ccc3sc5ccccc5c43)ccc21. The van der Waals surface area contributed by atoms with Crippen LogP contribution in [-0.4, -0.2) is 6.85 Å². The summed E-state index contributed by atoms with van der Waals surface area (Å²) < 4.78 is 9.92. The number of para-hydroxylation sites is 3. The second kappa shape index (κ2) is 13.4. The predicted octanol–water partition coefficient (Wildman–Crippen LogP) is 15.7. The van der Waals surface area contributed by atoms with Crippen LogP contribution >= 0.6 is 11.3 Å². The minimum absolute atomic E-state index is 0.0282. The van der Waals surface area contributed by atoms with Crippen molar-refractivity contribution in [1.29, 1.82) is 0 Å². The molecule has 11 aromatic rings. The smallest absolute Gasteiger partial charge is 0.333 e.